The summed E-state index contributed by atoms with van der Waals surface area (Å²) >= 11 is 0. The van der Waals surface area contributed by atoms with Crippen LogP contribution < -0.4 is 11.5 Å². The van der Waals surface area contributed by atoms with Crippen molar-refractivity contribution >= 4 is 5.97 Å². The number of nitrogens with two attached hydrogens (primary N) is 2. The Hall–Kier alpha value is -1.59. The van der Waals surface area contributed by atoms with Crippen LogP contribution >= 0.6 is 0 Å². The number of hydrogen-bond acceptors (Lipinski definition) is 4. The monoisotopic (exact) mass is 210 g/mol. The first kappa shape index (κ1) is 11.5. The van der Waals surface area contributed by atoms with Crippen LogP contribution in [-0.4, -0.2) is 22.7 Å². The van der Waals surface area contributed by atoms with E-state index in [1.54, 1.807) is 18.2 Å². The van der Waals surface area contributed by atoms with Gasteiger partial charge in [0.1, 0.15) is 5.75 Å². The van der Waals surface area contributed by atoms with Gasteiger partial charge < -0.3 is 21.7 Å². The van der Waals surface area contributed by atoms with E-state index in [4.69, 9.17) is 16.6 Å². The number of carboxylic acid groups (broad SMARTS) is 1. The fourth-order valence-electron chi connectivity index (χ4n) is 1.34. The summed E-state index contributed by atoms with van der Waals surface area (Å²) in [6, 6.07) is 4.37. The normalized spacial score (nSPS) is 12.4. The van der Waals surface area contributed by atoms with Crippen molar-refractivity contribution in [3.63, 3.8) is 0 Å². The molecule has 0 aliphatic carbocycles. The molecule has 15 heavy (non-hydrogen) atoms. The molecule has 0 heterocycles. The van der Waals surface area contributed by atoms with Gasteiger partial charge in [0.2, 0.25) is 0 Å². The maximum atomic E-state index is 10.5. The highest BCUT2D eigenvalue weighted by atomic mass is 16.4. The summed E-state index contributed by atoms with van der Waals surface area (Å²) in [5, 5.41) is 18.4. The van der Waals surface area contributed by atoms with Gasteiger partial charge in [-0.2, -0.15) is 0 Å². The lowest BCUT2D eigenvalue weighted by Crippen LogP contribution is -2.21. The Morgan fingerprint density at radius 2 is 2.13 bits per heavy atom. The smallest absolute Gasteiger partial charge is 0.307 e. The zero-order valence-corrected chi connectivity index (χ0v) is 8.18. The molecule has 0 aliphatic rings. The van der Waals surface area contributed by atoms with Gasteiger partial charge in [-0.3, -0.25) is 4.79 Å². The van der Waals surface area contributed by atoms with Crippen LogP contribution in [0.1, 0.15) is 17.2 Å². The van der Waals surface area contributed by atoms with E-state index in [1.807, 2.05) is 0 Å². The molecule has 0 amide bonds. The van der Waals surface area contributed by atoms with E-state index in [2.05, 4.69) is 0 Å². The highest BCUT2D eigenvalue weighted by Crippen LogP contribution is 2.26. The molecule has 0 spiro atoms. The standard InChI is InChI=1S/C10H14N2O3/c11-5-8(12)7-3-1-2-6(10(7)15)4-9(13)14/h1-3,8,15H,4-5,11-12H2,(H,13,14)/t8-/m1/s1. The molecule has 82 valence electrons. The van der Waals surface area contributed by atoms with Crippen LogP contribution in [0.25, 0.3) is 0 Å². The summed E-state index contributed by atoms with van der Waals surface area (Å²) < 4.78 is 0. The molecule has 0 aliphatic heterocycles. The SMILES string of the molecule is NC[C@@H](N)c1cccc(CC(=O)O)c1O. The van der Waals surface area contributed by atoms with Crippen LogP contribution in [0.5, 0.6) is 5.75 Å². The molecule has 5 heteroatoms. The van der Waals surface area contributed by atoms with Crippen molar-refractivity contribution in [2.24, 2.45) is 11.5 Å². The van der Waals surface area contributed by atoms with E-state index < -0.39 is 12.0 Å². The lowest BCUT2D eigenvalue weighted by molar-refractivity contribution is -0.136. The van der Waals surface area contributed by atoms with Crippen molar-refractivity contribution in [1.82, 2.24) is 0 Å². The van der Waals surface area contributed by atoms with Crippen molar-refractivity contribution in [3.8, 4) is 5.75 Å². The molecular weight excluding hydrogens is 196 g/mol. The molecule has 1 rings (SSSR count). The number of carboxylic acids is 1. The number of aromatic hydroxyl groups is 1. The molecule has 0 aromatic heterocycles. The Balaban J connectivity index is 3.05. The molecule has 1 atom stereocenters. The Kier molecular flexibility index (Phi) is 3.65. The Labute approximate surface area is 87.3 Å². The molecule has 1 aromatic rings. The predicted molar refractivity (Wildman–Crippen MR) is 55.4 cm³/mol. The van der Waals surface area contributed by atoms with Gasteiger partial charge in [-0.05, 0) is 0 Å². The van der Waals surface area contributed by atoms with Crippen LogP contribution in [-0.2, 0) is 11.2 Å². The molecule has 0 radical (unpaired) electrons. The van der Waals surface area contributed by atoms with Crippen molar-refractivity contribution in [3.05, 3.63) is 29.3 Å². The van der Waals surface area contributed by atoms with Crippen molar-refractivity contribution in [2.45, 2.75) is 12.5 Å². The number of aliphatic carboxylic acids is 1. The van der Waals surface area contributed by atoms with Gasteiger partial charge in [0.05, 0.1) is 6.42 Å². The molecule has 0 unspecified atom stereocenters. The van der Waals surface area contributed by atoms with Crippen molar-refractivity contribution in [2.75, 3.05) is 6.54 Å². The minimum absolute atomic E-state index is 0.0714. The Morgan fingerprint density at radius 1 is 1.47 bits per heavy atom. The lowest BCUT2D eigenvalue weighted by Gasteiger charge is -2.13. The fourth-order valence-corrected chi connectivity index (χ4v) is 1.34. The van der Waals surface area contributed by atoms with Crippen LogP contribution in [0.4, 0.5) is 0 Å². The molecule has 0 fully saturated rings. The van der Waals surface area contributed by atoms with E-state index in [0.29, 0.717) is 11.1 Å². The third kappa shape index (κ3) is 2.68. The second-order valence-electron chi connectivity index (χ2n) is 3.27. The number of hydrogen-bond donors (Lipinski definition) is 4. The number of benzene rings is 1. The summed E-state index contributed by atoms with van der Waals surface area (Å²) in [5.74, 6) is -1.07. The first-order valence-electron chi connectivity index (χ1n) is 4.54. The van der Waals surface area contributed by atoms with Crippen LogP contribution in [0.15, 0.2) is 18.2 Å². The number of phenols is 1. The summed E-state index contributed by atoms with van der Waals surface area (Å²) in [7, 11) is 0. The summed E-state index contributed by atoms with van der Waals surface area (Å²) in [4.78, 5) is 10.5. The zero-order chi connectivity index (χ0) is 11.4. The number of phenolic OH excluding ortho intramolecular Hbond substituents is 1. The number of rotatable bonds is 4. The van der Waals surface area contributed by atoms with Gasteiger partial charge >= 0.3 is 5.97 Å². The maximum absolute atomic E-state index is 10.5. The first-order chi connectivity index (χ1) is 7.06. The van der Waals surface area contributed by atoms with Crippen LogP contribution in [0.3, 0.4) is 0 Å². The molecule has 0 saturated carbocycles. The van der Waals surface area contributed by atoms with E-state index in [9.17, 15) is 9.90 Å². The van der Waals surface area contributed by atoms with Gasteiger partial charge in [0.15, 0.2) is 0 Å². The summed E-state index contributed by atoms with van der Waals surface area (Å²) in [6.45, 7) is 0.198. The second-order valence-corrected chi connectivity index (χ2v) is 3.27. The predicted octanol–water partition coefficient (Wildman–Crippen LogP) is -0.0222. The average Bonchev–Trinajstić information content (AvgIpc) is 2.19. The third-order valence-corrected chi connectivity index (χ3v) is 2.15. The highest BCUT2D eigenvalue weighted by molar-refractivity contribution is 5.71. The zero-order valence-electron chi connectivity index (χ0n) is 8.18. The van der Waals surface area contributed by atoms with E-state index in [0.717, 1.165) is 0 Å². The van der Waals surface area contributed by atoms with Gasteiger partial charge in [0, 0.05) is 23.7 Å². The molecule has 5 nitrogen and oxygen atoms in total. The van der Waals surface area contributed by atoms with E-state index >= 15 is 0 Å². The van der Waals surface area contributed by atoms with Crippen molar-refractivity contribution in [1.29, 1.82) is 0 Å². The molecule has 1 aromatic carbocycles. The topological polar surface area (TPSA) is 110 Å². The quantitative estimate of drug-likeness (QED) is 0.558. The maximum Gasteiger partial charge on any atom is 0.307 e. The summed E-state index contributed by atoms with van der Waals surface area (Å²) in [6.07, 6.45) is -0.225. The number of carbonyl (C=O) groups is 1. The average molecular weight is 210 g/mol. The van der Waals surface area contributed by atoms with Gasteiger partial charge in [0.25, 0.3) is 0 Å². The van der Waals surface area contributed by atoms with E-state index in [1.165, 1.54) is 0 Å². The van der Waals surface area contributed by atoms with E-state index in [-0.39, 0.29) is 18.7 Å². The lowest BCUT2D eigenvalue weighted by atomic mass is 10.0. The third-order valence-electron chi connectivity index (χ3n) is 2.15. The largest absolute Gasteiger partial charge is 0.507 e. The molecular formula is C10H14N2O3. The van der Waals surface area contributed by atoms with Crippen LogP contribution in [0, 0.1) is 0 Å². The summed E-state index contributed by atoms with van der Waals surface area (Å²) in [5.41, 5.74) is 11.9. The van der Waals surface area contributed by atoms with Crippen LogP contribution in [0.2, 0.25) is 0 Å². The second kappa shape index (κ2) is 4.77. The highest BCUT2D eigenvalue weighted by Gasteiger charge is 2.13. The minimum Gasteiger partial charge on any atom is -0.507 e. The fraction of sp³-hybridized carbons (Fsp3) is 0.300. The van der Waals surface area contributed by atoms with Gasteiger partial charge in [-0.1, -0.05) is 18.2 Å². The molecule has 0 bridgehead atoms. The Morgan fingerprint density at radius 3 is 2.67 bits per heavy atom. The minimum atomic E-state index is -0.997. The van der Waals surface area contributed by atoms with Crippen molar-refractivity contribution < 1.29 is 15.0 Å². The Bertz CT molecular complexity index is 366. The number of para-hydroxylation sites is 1. The first-order valence-corrected chi connectivity index (χ1v) is 4.54. The molecule has 6 N–H and O–H groups in total. The van der Waals surface area contributed by atoms with Gasteiger partial charge in [-0.25, -0.2) is 0 Å². The molecule has 0 saturated heterocycles. The van der Waals surface area contributed by atoms with Gasteiger partial charge in [-0.15, -0.1) is 0 Å².